The predicted molar refractivity (Wildman–Crippen MR) is 60.3 cm³/mol. The van der Waals surface area contributed by atoms with E-state index < -0.39 is 5.09 Å². The van der Waals surface area contributed by atoms with Gasteiger partial charge in [-0.25, -0.2) is 0 Å². The van der Waals surface area contributed by atoms with Gasteiger partial charge in [0, 0.05) is 0 Å². The Balaban J connectivity index is 0.000000487. The standard InChI is InChI=1S/C10H20NO.NO3/c1-10(2,3)11(4)7-5-9(12)6-8-11;2-1(3)4/h5-8H2,1-4H3;/q+1;-1. The molecule has 0 radical (unpaired) electrons. The van der Waals surface area contributed by atoms with Crippen LogP contribution < -0.4 is 0 Å². The van der Waals surface area contributed by atoms with Crippen molar-refractivity contribution in [3.63, 3.8) is 0 Å². The van der Waals surface area contributed by atoms with Crippen molar-refractivity contribution < 1.29 is 14.4 Å². The molecule has 0 N–H and O–H groups in total. The molecule has 1 aliphatic heterocycles. The number of ketones is 1. The Bertz CT molecular complexity index is 256. The number of carbonyl (C=O) groups is 1. The highest BCUT2D eigenvalue weighted by Gasteiger charge is 2.38. The number of rotatable bonds is 0. The second kappa shape index (κ2) is 5.25. The van der Waals surface area contributed by atoms with Crippen LogP contribution >= 0.6 is 0 Å². The third-order valence-electron chi connectivity index (χ3n) is 3.39. The zero-order valence-electron chi connectivity index (χ0n) is 10.4. The molecule has 1 rings (SSSR count). The van der Waals surface area contributed by atoms with Gasteiger partial charge in [-0.15, -0.1) is 0 Å². The van der Waals surface area contributed by atoms with E-state index in [1.165, 1.54) is 0 Å². The van der Waals surface area contributed by atoms with Crippen LogP contribution in [-0.2, 0) is 4.79 Å². The van der Waals surface area contributed by atoms with E-state index in [1.807, 2.05) is 0 Å². The molecule has 0 aromatic rings. The fraction of sp³-hybridized carbons (Fsp3) is 0.900. The van der Waals surface area contributed by atoms with Crippen LogP contribution in [0.1, 0.15) is 33.6 Å². The maximum absolute atomic E-state index is 11.1. The summed E-state index contributed by atoms with van der Waals surface area (Å²) >= 11 is 0. The Kier molecular flexibility index (Phi) is 4.86. The molecule has 1 aliphatic rings. The molecular weight excluding hydrogens is 212 g/mol. The van der Waals surface area contributed by atoms with E-state index in [0.717, 1.165) is 30.4 Å². The molecule has 0 saturated carbocycles. The smallest absolute Gasteiger partial charge is 0.144 e. The van der Waals surface area contributed by atoms with Gasteiger partial charge in [0.1, 0.15) is 5.78 Å². The lowest BCUT2D eigenvalue weighted by Crippen LogP contribution is -2.60. The maximum Gasteiger partial charge on any atom is 0.144 e. The van der Waals surface area contributed by atoms with Gasteiger partial charge in [0.25, 0.3) is 0 Å². The molecular formula is C10H20N2O4. The fourth-order valence-corrected chi connectivity index (χ4v) is 1.65. The quantitative estimate of drug-likeness (QED) is 0.358. The summed E-state index contributed by atoms with van der Waals surface area (Å²) in [6.45, 7) is 8.79. The Morgan fingerprint density at radius 1 is 1.19 bits per heavy atom. The maximum atomic E-state index is 11.1. The van der Waals surface area contributed by atoms with Gasteiger partial charge in [-0.05, 0) is 20.8 Å². The highest BCUT2D eigenvalue weighted by Crippen LogP contribution is 2.26. The molecule has 0 aliphatic carbocycles. The number of quaternary nitrogens is 1. The van der Waals surface area contributed by atoms with Crippen LogP contribution in [0.15, 0.2) is 0 Å². The van der Waals surface area contributed by atoms with Crippen molar-refractivity contribution in [3.8, 4) is 0 Å². The minimum Gasteiger partial charge on any atom is -0.356 e. The minimum atomic E-state index is -1.75. The fourth-order valence-electron chi connectivity index (χ4n) is 1.65. The molecule has 1 saturated heterocycles. The first-order valence-electron chi connectivity index (χ1n) is 5.26. The van der Waals surface area contributed by atoms with Crippen molar-refractivity contribution in [3.05, 3.63) is 15.3 Å². The minimum absolute atomic E-state index is 0.278. The van der Waals surface area contributed by atoms with Gasteiger partial charge in [-0.1, -0.05) is 0 Å². The number of hydrogen-bond donors (Lipinski definition) is 0. The average Bonchev–Trinajstić information content (AvgIpc) is 2.07. The zero-order chi connectivity index (χ0) is 13.0. The van der Waals surface area contributed by atoms with Gasteiger partial charge in [-0.2, -0.15) is 0 Å². The molecule has 0 aromatic carbocycles. The molecule has 16 heavy (non-hydrogen) atoms. The van der Waals surface area contributed by atoms with Crippen LogP contribution in [0.2, 0.25) is 0 Å². The van der Waals surface area contributed by atoms with E-state index in [0.29, 0.717) is 5.78 Å². The molecule has 0 spiro atoms. The number of piperidine rings is 1. The average molecular weight is 232 g/mol. The lowest BCUT2D eigenvalue weighted by molar-refractivity contribution is -0.954. The van der Waals surface area contributed by atoms with Gasteiger partial charge in [0.05, 0.1) is 43.6 Å². The van der Waals surface area contributed by atoms with E-state index in [-0.39, 0.29) is 5.54 Å². The van der Waals surface area contributed by atoms with Crippen molar-refractivity contribution in [1.29, 1.82) is 0 Å². The lowest BCUT2D eigenvalue weighted by Gasteiger charge is -2.47. The first-order valence-corrected chi connectivity index (χ1v) is 5.26. The van der Waals surface area contributed by atoms with Gasteiger partial charge >= 0.3 is 0 Å². The normalized spacial score (nSPS) is 19.6. The Hall–Kier alpha value is -1.17. The van der Waals surface area contributed by atoms with E-state index >= 15 is 0 Å². The van der Waals surface area contributed by atoms with Crippen LogP contribution in [-0.4, -0.2) is 41.0 Å². The number of nitrogens with zero attached hydrogens (tertiary/aromatic N) is 2. The largest absolute Gasteiger partial charge is 0.356 e. The van der Waals surface area contributed by atoms with Crippen LogP contribution in [0.4, 0.5) is 0 Å². The molecule has 0 amide bonds. The SMILES string of the molecule is CC(C)(C)[N+]1(C)CCC(=O)CC1.O=[N+]([O-])[O-]. The summed E-state index contributed by atoms with van der Waals surface area (Å²) in [5.74, 6) is 0.440. The van der Waals surface area contributed by atoms with Crippen molar-refractivity contribution in [1.82, 2.24) is 0 Å². The lowest BCUT2D eigenvalue weighted by atomic mass is 9.96. The summed E-state index contributed by atoms with van der Waals surface area (Å²) in [7, 11) is 2.26. The summed E-state index contributed by atoms with van der Waals surface area (Å²) in [4.78, 5) is 19.3. The third-order valence-corrected chi connectivity index (χ3v) is 3.39. The highest BCUT2D eigenvalue weighted by atomic mass is 16.9. The molecule has 0 unspecified atom stereocenters. The Labute approximate surface area is 95.6 Å². The van der Waals surface area contributed by atoms with Crippen LogP contribution in [0.25, 0.3) is 0 Å². The summed E-state index contributed by atoms with van der Waals surface area (Å²) in [6, 6.07) is 0. The van der Waals surface area contributed by atoms with E-state index in [2.05, 4.69) is 27.8 Å². The number of Topliss-reactive ketones (excluding diaryl/α,β-unsaturated/α-hetero) is 1. The van der Waals surface area contributed by atoms with E-state index in [9.17, 15) is 4.79 Å². The first kappa shape index (κ1) is 14.8. The Morgan fingerprint density at radius 3 is 1.75 bits per heavy atom. The molecule has 0 bridgehead atoms. The van der Waals surface area contributed by atoms with Gasteiger partial charge in [0.15, 0.2) is 0 Å². The molecule has 0 atom stereocenters. The van der Waals surface area contributed by atoms with Crippen molar-refractivity contribution in [2.24, 2.45) is 0 Å². The number of hydrogen-bond acceptors (Lipinski definition) is 4. The summed E-state index contributed by atoms with van der Waals surface area (Å²) in [5.41, 5.74) is 0.278. The third kappa shape index (κ3) is 4.57. The zero-order valence-corrected chi connectivity index (χ0v) is 10.4. The first-order chi connectivity index (χ1) is 7.08. The summed E-state index contributed by atoms with van der Waals surface area (Å²) in [5, 5.41) is 14.8. The topological polar surface area (TPSA) is 83.3 Å². The molecule has 94 valence electrons. The summed E-state index contributed by atoms with van der Waals surface area (Å²) < 4.78 is 1.04. The van der Waals surface area contributed by atoms with Crippen molar-refractivity contribution in [2.45, 2.75) is 39.2 Å². The molecule has 6 heteroatoms. The second-order valence-corrected chi connectivity index (χ2v) is 5.28. The summed E-state index contributed by atoms with van der Waals surface area (Å²) in [6.07, 6.45) is 1.54. The molecule has 1 fully saturated rings. The van der Waals surface area contributed by atoms with Crippen molar-refractivity contribution in [2.75, 3.05) is 20.1 Å². The molecule has 6 nitrogen and oxygen atoms in total. The van der Waals surface area contributed by atoms with Crippen LogP contribution in [0, 0.1) is 15.3 Å². The van der Waals surface area contributed by atoms with Crippen LogP contribution in [0.3, 0.4) is 0 Å². The van der Waals surface area contributed by atoms with Gasteiger partial charge in [0.2, 0.25) is 0 Å². The Morgan fingerprint density at radius 2 is 1.50 bits per heavy atom. The van der Waals surface area contributed by atoms with Crippen molar-refractivity contribution >= 4 is 5.78 Å². The second-order valence-electron chi connectivity index (χ2n) is 5.28. The van der Waals surface area contributed by atoms with Gasteiger partial charge in [-0.3, -0.25) is 4.79 Å². The number of likely N-dealkylation sites (tertiary alicyclic amines) is 1. The van der Waals surface area contributed by atoms with E-state index in [1.54, 1.807) is 0 Å². The highest BCUT2D eigenvalue weighted by molar-refractivity contribution is 5.79. The molecule has 1 heterocycles. The molecule has 0 aromatic heterocycles. The predicted octanol–water partition coefficient (Wildman–Crippen LogP) is 1.36. The monoisotopic (exact) mass is 232 g/mol. The van der Waals surface area contributed by atoms with Crippen LogP contribution in [0.5, 0.6) is 0 Å². The van der Waals surface area contributed by atoms with E-state index in [4.69, 9.17) is 15.3 Å². The van der Waals surface area contributed by atoms with Gasteiger partial charge < -0.3 is 19.8 Å². The number of carbonyl (C=O) groups excluding carboxylic acids is 1.